The van der Waals surface area contributed by atoms with Gasteiger partial charge in [0.25, 0.3) is 0 Å². The number of benzene rings is 1. The number of aromatic amines is 1. The third-order valence-corrected chi connectivity index (χ3v) is 3.12. The average molecular weight is 186 g/mol. The molecule has 0 radical (unpaired) electrons. The van der Waals surface area contributed by atoms with Crippen molar-refractivity contribution in [3.63, 3.8) is 0 Å². The quantitative estimate of drug-likeness (QED) is 0.703. The van der Waals surface area contributed by atoms with Crippen LogP contribution in [-0.2, 0) is 0 Å². The summed E-state index contributed by atoms with van der Waals surface area (Å²) in [5.41, 5.74) is 4.03. The van der Waals surface area contributed by atoms with E-state index in [0.717, 1.165) is 6.54 Å². The summed E-state index contributed by atoms with van der Waals surface area (Å²) in [6.07, 6.45) is 1.27. The number of para-hydroxylation sites is 1. The largest absolute Gasteiger partial charge is 0.358 e. The standard InChI is InChI=1S/C12H14N2/c1-8-12(11-6-7-13-11)9-4-2-3-5-10(9)14-8/h2-5,11,13-14H,6-7H2,1H3/t11-/m0/s1. The fraction of sp³-hybridized carbons (Fsp3) is 0.333. The highest BCUT2D eigenvalue weighted by Gasteiger charge is 2.23. The second kappa shape index (κ2) is 2.85. The van der Waals surface area contributed by atoms with Gasteiger partial charge < -0.3 is 10.3 Å². The molecule has 1 aromatic carbocycles. The smallest absolute Gasteiger partial charge is 0.0459 e. The van der Waals surface area contributed by atoms with Crippen LogP contribution in [0.15, 0.2) is 24.3 Å². The van der Waals surface area contributed by atoms with Crippen LogP contribution in [0.4, 0.5) is 0 Å². The molecule has 2 heteroatoms. The number of H-pyrrole nitrogens is 1. The van der Waals surface area contributed by atoms with Gasteiger partial charge in [-0.2, -0.15) is 0 Å². The number of aryl methyl sites for hydroxylation is 1. The molecule has 0 saturated carbocycles. The Morgan fingerprint density at radius 1 is 1.29 bits per heavy atom. The molecule has 1 saturated heterocycles. The maximum absolute atomic E-state index is 3.46. The lowest BCUT2D eigenvalue weighted by Gasteiger charge is -2.28. The first-order valence-electron chi connectivity index (χ1n) is 5.17. The van der Waals surface area contributed by atoms with Crippen molar-refractivity contribution in [1.29, 1.82) is 0 Å². The van der Waals surface area contributed by atoms with Crippen LogP contribution in [0.1, 0.15) is 23.7 Å². The fourth-order valence-corrected chi connectivity index (χ4v) is 2.28. The van der Waals surface area contributed by atoms with Crippen molar-refractivity contribution in [3.8, 4) is 0 Å². The lowest BCUT2D eigenvalue weighted by atomic mass is 9.95. The molecule has 3 rings (SSSR count). The van der Waals surface area contributed by atoms with E-state index in [2.05, 4.69) is 41.5 Å². The molecule has 0 bridgehead atoms. The van der Waals surface area contributed by atoms with E-state index in [-0.39, 0.29) is 0 Å². The Hall–Kier alpha value is -1.28. The van der Waals surface area contributed by atoms with Gasteiger partial charge in [0, 0.05) is 22.6 Å². The molecule has 2 N–H and O–H groups in total. The Balaban J connectivity index is 2.24. The van der Waals surface area contributed by atoms with Gasteiger partial charge in [-0.25, -0.2) is 0 Å². The molecule has 0 spiro atoms. The molecule has 14 heavy (non-hydrogen) atoms. The first kappa shape index (κ1) is 8.06. The predicted octanol–water partition coefficient (Wildman–Crippen LogP) is 2.51. The second-order valence-corrected chi connectivity index (χ2v) is 4.00. The van der Waals surface area contributed by atoms with Crippen LogP contribution >= 0.6 is 0 Å². The summed E-state index contributed by atoms with van der Waals surface area (Å²) in [6.45, 7) is 3.32. The maximum atomic E-state index is 3.46. The van der Waals surface area contributed by atoms with Crippen LogP contribution in [0.25, 0.3) is 10.9 Å². The highest BCUT2D eigenvalue weighted by Crippen LogP contribution is 2.32. The Bertz CT molecular complexity index is 466. The third-order valence-electron chi connectivity index (χ3n) is 3.12. The minimum atomic E-state index is 0.575. The van der Waals surface area contributed by atoms with Crippen LogP contribution in [0.2, 0.25) is 0 Å². The summed E-state index contributed by atoms with van der Waals surface area (Å²) < 4.78 is 0. The van der Waals surface area contributed by atoms with Gasteiger partial charge in [0.05, 0.1) is 0 Å². The maximum Gasteiger partial charge on any atom is 0.0459 e. The zero-order valence-electron chi connectivity index (χ0n) is 8.30. The van der Waals surface area contributed by atoms with Crippen LogP contribution in [0, 0.1) is 6.92 Å². The Morgan fingerprint density at radius 3 is 2.79 bits per heavy atom. The van der Waals surface area contributed by atoms with Crippen LogP contribution in [0.5, 0.6) is 0 Å². The summed E-state index contributed by atoms with van der Waals surface area (Å²) in [5.74, 6) is 0. The number of nitrogens with one attached hydrogen (secondary N) is 2. The van der Waals surface area contributed by atoms with Gasteiger partial charge in [-0.05, 0) is 31.5 Å². The lowest BCUT2D eigenvalue weighted by Crippen LogP contribution is -2.35. The van der Waals surface area contributed by atoms with Crippen molar-refractivity contribution in [1.82, 2.24) is 10.3 Å². The fourth-order valence-electron chi connectivity index (χ4n) is 2.28. The molecule has 1 fully saturated rings. The predicted molar refractivity (Wildman–Crippen MR) is 58.4 cm³/mol. The zero-order chi connectivity index (χ0) is 9.54. The van der Waals surface area contributed by atoms with E-state index in [0.29, 0.717) is 6.04 Å². The number of hydrogen-bond acceptors (Lipinski definition) is 1. The summed E-state index contributed by atoms with van der Waals surface area (Å²) in [7, 11) is 0. The van der Waals surface area contributed by atoms with Gasteiger partial charge in [0.15, 0.2) is 0 Å². The molecule has 0 aliphatic carbocycles. The van der Waals surface area contributed by atoms with Gasteiger partial charge in [-0.1, -0.05) is 18.2 Å². The number of hydrogen-bond donors (Lipinski definition) is 2. The van der Waals surface area contributed by atoms with E-state index in [4.69, 9.17) is 0 Å². The van der Waals surface area contributed by atoms with E-state index in [9.17, 15) is 0 Å². The highest BCUT2D eigenvalue weighted by molar-refractivity contribution is 5.85. The topological polar surface area (TPSA) is 27.8 Å². The van der Waals surface area contributed by atoms with Crippen LogP contribution < -0.4 is 5.32 Å². The molecule has 1 atom stereocenters. The summed E-state index contributed by atoms with van der Waals surface area (Å²) in [6, 6.07) is 9.11. The molecule has 2 nitrogen and oxygen atoms in total. The highest BCUT2D eigenvalue weighted by atomic mass is 15.0. The van der Waals surface area contributed by atoms with E-state index >= 15 is 0 Å². The monoisotopic (exact) mass is 186 g/mol. The lowest BCUT2D eigenvalue weighted by molar-refractivity contribution is 0.384. The Kier molecular flexibility index (Phi) is 1.64. The number of rotatable bonds is 1. The van der Waals surface area contributed by atoms with Crippen LogP contribution in [0.3, 0.4) is 0 Å². The van der Waals surface area contributed by atoms with Gasteiger partial charge in [-0.15, -0.1) is 0 Å². The van der Waals surface area contributed by atoms with Crippen molar-refractivity contribution < 1.29 is 0 Å². The van der Waals surface area contributed by atoms with E-state index < -0.39 is 0 Å². The molecule has 0 amide bonds. The summed E-state index contributed by atoms with van der Waals surface area (Å²) >= 11 is 0. The molecule has 2 heterocycles. The minimum absolute atomic E-state index is 0.575. The zero-order valence-corrected chi connectivity index (χ0v) is 8.30. The third kappa shape index (κ3) is 1.01. The normalized spacial score (nSPS) is 21.1. The van der Waals surface area contributed by atoms with E-state index in [1.54, 1.807) is 0 Å². The van der Waals surface area contributed by atoms with Crippen molar-refractivity contribution in [2.24, 2.45) is 0 Å². The molecular weight excluding hydrogens is 172 g/mol. The van der Waals surface area contributed by atoms with Crippen molar-refractivity contribution in [3.05, 3.63) is 35.5 Å². The van der Waals surface area contributed by atoms with Crippen molar-refractivity contribution >= 4 is 10.9 Å². The van der Waals surface area contributed by atoms with Gasteiger partial charge >= 0.3 is 0 Å². The second-order valence-electron chi connectivity index (χ2n) is 4.00. The molecule has 1 aromatic heterocycles. The SMILES string of the molecule is Cc1[nH]c2ccccc2c1[C@@H]1CCN1. The average Bonchev–Trinajstić information content (AvgIpc) is 2.41. The van der Waals surface area contributed by atoms with Crippen LogP contribution in [-0.4, -0.2) is 11.5 Å². The molecule has 1 aliphatic heterocycles. The Labute approximate surface area is 83.3 Å². The first-order valence-corrected chi connectivity index (χ1v) is 5.17. The molecule has 72 valence electrons. The molecule has 1 aliphatic rings. The summed E-state index contributed by atoms with van der Waals surface area (Å²) in [5, 5.41) is 4.84. The van der Waals surface area contributed by atoms with Crippen molar-refractivity contribution in [2.75, 3.05) is 6.54 Å². The van der Waals surface area contributed by atoms with Gasteiger partial charge in [-0.3, -0.25) is 0 Å². The van der Waals surface area contributed by atoms with Gasteiger partial charge in [0.1, 0.15) is 0 Å². The van der Waals surface area contributed by atoms with E-state index in [1.807, 2.05) is 0 Å². The molecule has 2 aromatic rings. The minimum Gasteiger partial charge on any atom is -0.358 e. The number of fused-ring (bicyclic) bond motifs is 1. The summed E-state index contributed by atoms with van der Waals surface area (Å²) in [4.78, 5) is 3.44. The van der Waals surface area contributed by atoms with Gasteiger partial charge in [0.2, 0.25) is 0 Å². The Morgan fingerprint density at radius 2 is 2.07 bits per heavy atom. The molecule has 0 unspecified atom stereocenters. The molecular formula is C12H14N2. The first-order chi connectivity index (χ1) is 6.86. The number of aromatic nitrogens is 1. The van der Waals surface area contributed by atoms with Crippen molar-refractivity contribution in [2.45, 2.75) is 19.4 Å². The van der Waals surface area contributed by atoms with E-state index in [1.165, 1.54) is 28.6 Å².